The molecule has 0 fully saturated rings. The normalized spacial score (nSPS) is 17.4. The van der Waals surface area contributed by atoms with E-state index >= 15 is 0 Å². The molecular formula is C14H13BrFN3O2. The van der Waals surface area contributed by atoms with Crippen molar-refractivity contribution in [3.8, 4) is 11.4 Å². The van der Waals surface area contributed by atoms with Crippen LogP contribution in [-0.4, -0.2) is 27.8 Å². The van der Waals surface area contributed by atoms with Crippen molar-refractivity contribution in [1.82, 2.24) is 14.8 Å². The van der Waals surface area contributed by atoms with Crippen molar-refractivity contribution in [2.45, 2.75) is 19.4 Å². The Labute approximate surface area is 129 Å². The quantitative estimate of drug-likeness (QED) is 0.778. The molecule has 0 amide bonds. The van der Waals surface area contributed by atoms with Crippen LogP contribution in [0.1, 0.15) is 12.2 Å². The minimum Gasteiger partial charge on any atom is -0.469 e. The van der Waals surface area contributed by atoms with Crippen LogP contribution in [-0.2, 0) is 22.5 Å². The number of methoxy groups -OCH3 is 1. The number of rotatable bonds is 2. The summed E-state index contributed by atoms with van der Waals surface area (Å²) in [6, 6.07) is 4.45. The van der Waals surface area contributed by atoms with E-state index in [4.69, 9.17) is 4.74 Å². The van der Waals surface area contributed by atoms with Gasteiger partial charge in [0.1, 0.15) is 11.6 Å². The van der Waals surface area contributed by atoms with Crippen LogP contribution in [0.5, 0.6) is 0 Å². The number of carbonyl (C=O) groups is 1. The van der Waals surface area contributed by atoms with E-state index < -0.39 is 0 Å². The van der Waals surface area contributed by atoms with Crippen LogP contribution in [0, 0.1) is 11.7 Å². The predicted molar refractivity (Wildman–Crippen MR) is 76.9 cm³/mol. The Kier molecular flexibility index (Phi) is 3.75. The highest BCUT2D eigenvalue weighted by molar-refractivity contribution is 9.10. The first-order chi connectivity index (χ1) is 10.1. The highest BCUT2D eigenvalue weighted by Gasteiger charge is 2.29. The first-order valence-electron chi connectivity index (χ1n) is 6.55. The average Bonchev–Trinajstić information content (AvgIpc) is 2.91. The van der Waals surface area contributed by atoms with Crippen molar-refractivity contribution in [3.63, 3.8) is 0 Å². The van der Waals surface area contributed by atoms with E-state index in [0.29, 0.717) is 30.8 Å². The third kappa shape index (κ3) is 2.57. The van der Waals surface area contributed by atoms with Gasteiger partial charge in [0, 0.05) is 23.0 Å². The van der Waals surface area contributed by atoms with Crippen molar-refractivity contribution < 1.29 is 13.9 Å². The zero-order chi connectivity index (χ0) is 15.0. The lowest BCUT2D eigenvalue weighted by molar-refractivity contribution is -0.146. The van der Waals surface area contributed by atoms with Crippen LogP contribution in [0.3, 0.4) is 0 Å². The maximum atomic E-state index is 13.4. The van der Waals surface area contributed by atoms with Gasteiger partial charge in [-0.05, 0) is 24.6 Å². The van der Waals surface area contributed by atoms with E-state index in [2.05, 4.69) is 26.1 Å². The highest BCUT2D eigenvalue weighted by atomic mass is 79.9. The first kappa shape index (κ1) is 14.2. The minimum absolute atomic E-state index is 0.185. The Bertz CT molecular complexity index is 702. The van der Waals surface area contributed by atoms with Crippen LogP contribution >= 0.6 is 15.9 Å². The topological polar surface area (TPSA) is 57.0 Å². The largest absolute Gasteiger partial charge is 0.469 e. The Morgan fingerprint density at radius 3 is 3.05 bits per heavy atom. The van der Waals surface area contributed by atoms with Crippen LogP contribution in [0.25, 0.3) is 11.4 Å². The van der Waals surface area contributed by atoms with Crippen LogP contribution in [0.2, 0.25) is 0 Å². The van der Waals surface area contributed by atoms with E-state index in [1.807, 2.05) is 4.57 Å². The Morgan fingerprint density at radius 2 is 2.29 bits per heavy atom. The maximum Gasteiger partial charge on any atom is 0.309 e. The molecular weight excluding hydrogens is 341 g/mol. The number of esters is 1. The summed E-state index contributed by atoms with van der Waals surface area (Å²) in [6.45, 7) is 0.611. The highest BCUT2D eigenvalue weighted by Crippen LogP contribution is 2.31. The molecule has 21 heavy (non-hydrogen) atoms. The molecule has 0 bridgehead atoms. The zero-order valence-corrected chi connectivity index (χ0v) is 12.9. The summed E-state index contributed by atoms with van der Waals surface area (Å²) in [6.07, 6.45) is 1.16. The zero-order valence-electron chi connectivity index (χ0n) is 11.3. The third-order valence-electron chi connectivity index (χ3n) is 3.66. The second-order valence-corrected chi connectivity index (χ2v) is 5.78. The predicted octanol–water partition coefficient (Wildman–Crippen LogP) is 2.58. The van der Waals surface area contributed by atoms with E-state index in [0.717, 1.165) is 10.3 Å². The fraction of sp³-hybridized carbons (Fsp3) is 0.357. The van der Waals surface area contributed by atoms with Gasteiger partial charge in [-0.3, -0.25) is 4.79 Å². The molecule has 0 N–H and O–H groups in total. The molecule has 0 aliphatic carbocycles. The van der Waals surface area contributed by atoms with Gasteiger partial charge in [-0.1, -0.05) is 15.9 Å². The maximum absolute atomic E-state index is 13.4. The number of aromatic nitrogens is 3. The van der Waals surface area contributed by atoms with Crippen LogP contribution < -0.4 is 0 Å². The van der Waals surface area contributed by atoms with Gasteiger partial charge in [0.2, 0.25) is 0 Å². The van der Waals surface area contributed by atoms with Crippen LogP contribution in [0.15, 0.2) is 22.7 Å². The third-order valence-corrected chi connectivity index (χ3v) is 4.35. The van der Waals surface area contributed by atoms with E-state index in [9.17, 15) is 9.18 Å². The smallest absolute Gasteiger partial charge is 0.309 e. The van der Waals surface area contributed by atoms with E-state index in [1.54, 1.807) is 6.07 Å². The molecule has 1 unspecified atom stereocenters. The fourth-order valence-electron chi connectivity index (χ4n) is 2.56. The van der Waals surface area contributed by atoms with E-state index in [1.165, 1.54) is 19.2 Å². The van der Waals surface area contributed by atoms with Crippen LogP contribution in [0.4, 0.5) is 4.39 Å². The van der Waals surface area contributed by atoms with Gasteiger partial charge >= 0.3 is 5.97 Å². The van der Waals surface area contributed by atoms with Gasteiger partial charge in [-0.15, -0.1) is 10.2 Å². The number of halogens is 2. The number of nitrogens with zero attached hydrogens (tertiary/aromatic N) is 3. The molecule has 3 rings (SSSR count). The lowest BCUT2D eigenvalue weighted by atomic mass is 9.98. The number of ether oxygens (including phenoxy) is 1. The van der Waals surface area contributed by atoms with Crippen molar-refractivity contribution in [1.29, 1.82) is 0 Å². The molecule has 0 saturated carbocycles. The molecule has 0 spiro atoms. The number of benzene rings is 1. The molecule has 0 radical (unpaired) electrons. The lowest BCUT2D eigenvalue weighted by Crippen LogP contribution is -2.27. The molecule has 2 heterocycles. The minimum atomic E-state index is -0.325. The molecule has 110 valence electrons. The van der Waals surface area contributed by atoms with Gasteiger partial charge < -0.3 is 9.30 Å². The molecule has 1 aromatic carbocycles. The summed E-state index contributed by atoms with van der Waals surface area (Å²) >= 11 is 3.40. The SMILES string of the molecule is COC(=O)C1CCn2c(nnc2-c2cc(F)ccc2Br)C1. The average molecular weight is 354 g/mol. The molecule has 2 aromatic rings. The van der Waals surface area contributed by atoms with Crippen molar-refractivity contribution in [2.75, 3.05) is 7.11 Å². The van der Waals surface area contributed by atoms with Gasteiger partial charge in [-0.2, -0.15) is 0 Å². The number of carbonyl (C=O) groups excluding carboxylic acids is 1. The molecule has 0 saturated heterocycles. The Balaban J connectivity index is 1.97. The summed E-state index contributed by atoms with van der Waals surface area (Å²) in [5, 5.41) is 8.29. The summed E-state index contributed by atoms with van der Waals surface area (Å²) in [7, 11) is 1.39. The Hall–Kier alpha value is -1.76. The van der Waals surface area contributed by atoms with Gasteiger partial charge in [0.15, 0.2) is 5.82 Å². The van der Waals surface area contributed by atoms with Gasteiger partial charge in [0.05, 0.1) is 13.0 Å². The summed E-state index contributed by atoms with van der Waals surface area (Å²) < 4.78 is 20.9. The van der Waals surface area contributed by atoms with Gasteiger partial charge in [-0.25, -0.2) is 4.39 Å². The molecule has 5 nitrogen and oxygen atoms in total. The molecule has 1 aliphatic heterocycles. The summed E-state index contributed by atoms with van der Waals surface area (Å²) in [5.74, 6) is 0.601. The van der Waals surface area contributed by atoms with Crippen molar-refractivity contribution in [3.05, 3.63) is 34.3 Å². The lowest BCUT2D eigenvalue weighted by Gasteiger charge is -2.21. The summed E-state index contributed by atoms with van der Waals surface area (Å²) in [4.78, 5) is 11.6. The molecule has 1 aromatic heterocycles. The second kappa shape index (κ2) is 5.55. The van der Waals surface area contributed by atoms with E-state index in [-0.39, 0.29) is 17.7 Å². The fourth-order valence-corrected chi connectivity index (χ4v) is 2.99. The second-order valence-electron chi connectivity index (χ2n) is 4.93. The summed E-state index contributed by atoms with van der Waals surface area (Å²) in [5.41, 5.74) is 0.658. The first-order valence-corrected chi connectivity index (χ1v) is 7.34. The van der Waals surface area contributed by atoms with Crippen molar-refractivity contribution >= 4 is 21.9 Å². The Morgan fingerprint density at radius 1 is 1.48 bits per heavy atom. The molecule has 1 atom stereocenters. The number of hydrogen-bond acceptors (Lipinski definition) is 4. The monoisotopic (exact) mass is 353 g/mol. The molecule has 1 aliphatic rings. The number of fused-ring (bicyclic) bond motifs is 1. The standard InChI is InChI=1S/C14H13BrFN3O2/c1-21-14(20)8-4-5-19-12(6-8)17-18-13(19)10-7-9(16)2-3-11(10)15/h2-3,7-8H,4-6H2,1H3. The number of hydrogen-bond donors (Lipinski definition) is 0. The molecule has 7 heteroatoms. The van der Waals surface area contributed by atoms with Gasteiger partial charge in [0.25, 0.3) is 0 Å². The van der Waals surface area contributed by atoms with Crippen molar-refractivity contribution in [2.24, 2.45) is 5.92 Å².